The Morgan fingerprint density at radius 2 is 2.19 bits per heavy atom. The van der Waals surface area contributed by atoms with Gasteiger partial charge in [-0.15, -0.1) is 0 Å². The van der Waals surface area contributed by atoms with Gasteiger partial charge in [0, 0.05) is 25.7 Å². The lowest BCUT2D eigenvalue weighted by Gasteiger charge is -2.00. The first-order valence-electron chi connectivity index (χ1n) is 4.94. The van der Waals surface area contributed by atoms with E-state index >= 15 is 0 Å². The Bertz CT molecular complexity index is 428. The fraction of sp³-hybridized carbons (Fsp3) is 0.300. The molecule has 0 unspecified atom stereocenters. The molecule has 2 aromatic rings. The van der Waals surface area contributed by atoms with E-state index in [1.54, 1.807) is 36.4 Å². The van der Waals surface area contributed by atoms with E-state index in [-0.39, 0.29) is 0 Å². The van der Waals surface area contributed by atoms with Crippen molar-refractivity contribution in [2.24, 2.45) is 0 Å². The first-order chi connectivity index (χ1) is 7.88. The maximum atomic E-state index is 4.97. The second-order valence-corrected chi connectivity index (χ2v) is 3.18. The molecule has 2 aromatic heterocycles. The van der Waals surface area contributed by atoms with Crippen LogP contribution in [0.4, 0.5) is 11.6 Å². The molecule has 84 valence electrons. The fourth-order valence-corrected chi connectivity index (χ4v) is 1.23. The minimum Gasteiger partial charge on any atom is -0.383 e. The van der Waals surface area contributed by atoms with Gasteiger partial charge in [0.2, 0.25) is 5.95 Å². The van der Waals surface area contributed by atoms with Crippen LogP contribution in [0.15, 0.2) is 30.9 Å². The van der Waals surface area contributed by atoms with Gasteiger partial charge >= 0.3 is 0 Å². The van der Waals surface area contributed by atoms with E-state index in [1.165, 1.54) is 0 Å². The van der Waals surface area contributed by atoms with E-state index in [1.807, 2.05) is 6.20 Å². The van der Waals surface area contributed by atoms with Crippen molar-refractivity contribution in [3.63, 3.8) is 0 Å². The second kappa shape index (κ2) is 5.22. The average Bonchev–Trinajstić information content (AvgIpc) is 2.75. The molecule has 0 spiro atoms. The number of methoxy groups -OCH3 is 1. The molecule has 0 aliphatic heterocycles. The van der Waals surface area contributed by atoms with Gasteiger partial charge in [-0.25, -0.2) is 9.97 Å². The van der Waals surface area contributed by atoms with Gasteiger partial charge in [-0.05, 0) is 6.07 Å². The van der Waals surface area contributed by atoms with Crippen LogP contribution in [0.5, 0.6) is 0 Å². The van der Waals surface area contributed by atoms with E-state index in [9.17, 15) is 0 Å². The van der Waals surface area contributed by atoms with E-state index in [4.69, 9.17) is 4.74 Å². The summed E-state index contributed by atoms with van der Waals surface area (Å²) >= 11 is 0. The van der Waals surface area contributed by atoms with Crippen molar-refractivity contribution in [1.29, 1.82) is 0 Å². The van der Waals surface area contributed by atoms with Crippen molar-refractivity contribution in [3.8, 4) is 0 Å². The normalized spacial score (nSPS) is 10.3. The number of hydrogen-bond donors (Lipinski definition) is 1. The zero-order valence-corrected chi connectivity index (χ0v) is 9.00. The summed E-state index contributed by atoms with van der Waals surface area (Å²) in [5.74, 6) is 0.564. The lowest BCUT2D eigenvalue weighted by atomic mass is 10.5. The maximum Gasteiger partial charge on any atom is 0.227 e. The molecule has 16 heavy (non-hydrogen) atoms. The largest absolute Gasteiger partial charge is 0.383 e. The zero-order chi connectivity index (χ0) is 11.2. The highest BCUT2D eigenvalue weighted by molar-refractivity contribution is 5.49. The quantitative estimate of drug-likeness (QED) is 0.814. The molecule has 0 saturated heterocycles. The summed E-state index contributed by atoms with van der Waals surface area (Å²) in [6, 6.07) is 1.77. The molecule has 0 saturated carbocycles. The highest BCUT2D eigenvalue weighted by Crippen LogP contribution is 2.09. The summed E-state index contributed by atoms with van der Waals surface area (Å²) in [6.45, 7) is 1.37. The molecule has 6 heteroatoms. The fourth-order valence-electron chi connectivity index (χ4n) is 1.23. The summed E-state index contributed by atoms with van der Waals surface area (Å²) in [5, 5.41) is 7.22. The average molecular weight is 219 g/mol. The molecule has 6 nitrogen and oxygen atoms in total. The topological polar surface area (TPSA) is 64.9 Å². The molecular formula is C10H13N5O. The predicted molar refractivity (Wildman–Crippen MR) is 59.4 cm³/mol. The van der Waals surface area contributed by atoms with Gasteiger partial charge in [0.05, 0.1) is 25.0 Å². The number of aromatic nitrogens is 4. The molecule has 0 atom stereocenters. The molecule has 0 bridgehead atoms. The predicted octanol–water partition coefficient (Wildman–Crippen LogP) is 1.06. The smallest absolute Gasteiger partial charge is 0.227 e. The highest BCUT2D eigenvalue weighted by Gasteiger charge is 1.99. The number of ether oxygens (including phenoxy) is 1. The molecule has 0 aromatic carbocycles. The van der Waals surface area contributed by atoms with Gasteiger partial charge in [0.25, 0.3) is 0 Å². The summed E-state index contributed by atoms with van der Waals surface area (Å²) in [7, 11) is 1.67. The monoisotopic (exact) mass is 219 g/mol. The van der Waals surface area contributed by atoms with Crippen molar-refractivity contribution in [2.45, 2.75) is 6.54 Å². The van der Waals surface area contributed by atoms with Crippen molar-refractivity contribution in [3.05, 3.63) is 30.9 Å². The Kier molecular flexibility index (Phi) is 3.45. The van der Waals surface area contributed by atoms with Crippen molar-refractivity contribution < 1.29 is 4.74 Å². The Labute approximate surface area is 93.3 Å². The second-order valence-electron chi connectivity index (χ2n) is 3.18. The summed E-state index contributed by atoms with van der Waals surface area (Å²) in [5.41, 5.74) is 0.863. The van der Waals surface area contributed by atoms with E-state index in [2.05, 4.69) is 20.4 Å². The summed E-state index contributed by atoms with van der Waals surface area (Å²) in [4.78, 5) is 8.12. The minimum atomic E-state index is 0.564. The molecule has 0 amide bonds. The van der Waals surface area contributed by atoms with Gasteiger partial charge < -0.3 is 10.1 Å². The SMILES string of the molecule is COCCn1cc(Nc2ncccn2)cn1. The molecule has 0 radical (unpaired) electrons. The van der Waals surface area contributed by atoms with E-state index < -0.39 is 0 Å². The van der Waals surface area contributed by atoms with Crippen LogP contribution in [0, 0.1) is 0 Å². The molecule has 0 aliphatic rings. The van der Waals surface area contributed by atoms with Gasteiger partial charge in [-0.1, -0.05) is 0 Å². The highest BCUT2D eigenvalue weighted by atomic mass is 16.5. The van der Waals surface area contributed by atoms with E-state index in [0.717, 1.165) is 12.2 Å². The molecule has 2 heterocycles. The molecule has 1 N–H and O–H groups in total. The minimum absolute atomic E-state index is 0.564. The van der Waals surface area contributed by atoms with Gasteiger partial charge in [-0.2, -0.15) is 5.10 Å². The number of hydrogen-bond acceptors (Lipinski definition) is 5. The number of nitrogens with one attached hydrogen (secondary N) is 1. The van der Waals surface area contributed by atoms with Crippen molar-refractivity contribution in [1.82, 2.24) is 19.7 Å². The van der Waals surface area contributed by atoms with Crippen LogP contribution in [0.3, 0.4) is 0 Å². The lowest BCUT2D eigenvalue weighted by Crippen LogP contribution is -2.04. The maximum absolute atomic E-state index is 4.97. The van der Waals surface area contributed by atoms with Gasteiger partial charge in [0.1, 0.15) is 0 Å². The first-order valence-corrected chi connectivity index (χ1v) is 4.94. The van der Waals surface area contributed by atoms with Crippen LogP contribution >= 0.6 is 0 Å². The van der Waals surface area contributed by atoms with Crippen molar-refractivity contribution in [2.75, 3.05) is 19.0 Å². The molecule has 0 aliphatic carbocycles. The Balaban J connectivity index is 1.97. The van der Waals surface area contributed by atoms with Crippen LogP contribution in [0.25, 0.3) is 0 Å². The van der Waals surface area contributed by atoms with Crippen LogP contribution in [0.2, 0.25) is 0 Å². The Hall–Kier alpha value is -1.95. The van der Waals surface area contributed by atoms with E-state index in [0.29, 0.717) is 12.6 Å². The summed E-state index contributed by atoms with van der Waals surface area (Å²) in [6.07, 6.45) is 6.98. The number of nitrogens with zero attached hydrogens (tertiary/aromatic N) is 4. The third-order valence-corrected chi connectivity index (χ3v) is 1.98. The van der Waals surface area contributed by atoms with Crippen LogP contribution in [0.1, 0.15) is 0 Å². The zero-order valence-electron chi connectivity index (χ0n) is 9.00. The molecule has 0 fully saturated rings. The lowest BCUT2D eigenvalue weighted by molar-refractivity contribution is 0.183. The van der Waals surface area contributed by atoms with Gasteiger partial charge in [0.15, 0.2) is 0 Å². The summed E-state index contributed by atoms with van der Waals surface area (Å²) < 4.78 is 6.77. The molecular weight excluding hydrogens is 206 g/mol. The number of anilines is 2. The standard InChI is InChI=1S/C10H13N5O/c1-16-6-5-15-8-9(7-13-15)14-10-11-3-2-4-12-10/h2-4,7-8H,5-6H2,1H3,(H,11,12,14). The third-order valence-electron chi connectivity index (χ3n) is 1.98. The Morgan fingerprint density at radius 3 is 2.94 bits per heavy atom. The van der Waals surface area contributed by atoms with Crippen molar-refractivity contribution >= 4 is 11.6 Å². The van der Waals surface area contributed by atoms with Crippen LogP contribution < -0.4 is 5.32 Å². The third kappa shape index (κ3) is 2.77. The number of rotatable bonds is 5. The Morgan fingerprint density at radius 1 is 1.38 bits per heavy atom. The van der Waals surface area contributed by atoms with Gasteiger partial charge in [-0.3, -0.25) is 4.68 Å². The van der Waals surface area contributed by atoms with Crippen LogP contribution in [-0.4, -0.2) is 33.5 Å². The molecule has 2 rings (SSSR count). The first kappa shape index (κ1) is 10.6. The van der Waals surface area contributed by atoms with Crippen LogP contribution in [-0.2, 0) is 11.3 Å².